The molecule has 1 atom stereocenters. The third kappa shape index (κ3) is 3.60. The monoisotopic (exact) mass is 364 g/mol. The lowest BCUT2D eigenvalue weighted by Gasteiger charge is -2.30. The summed E-state index contributed by atoms with van der Waals surface area (Å²) in [6.45, 7) is 4.72. The van der Waals surface area contributed by atoms with Crippen molar-refractivity contribution in [2.45, 2.75) is 32.1 Å². The maximum absolute atomic E-state index is 12.7. The van der Waals surface area contributed by atoms with Crippen LogP contribution < -0.4 is 10.2 Å². The molecule has 2 heterocycles. The van der Waals surface area contributed by atoms with Gasteiger partial charge in [-0.3, -0.25) is 4.90 Å². The molecule has 0 saturated carbocycles. The first-order valence-electron chi connectivity index (χ1n) is 9.58. The zero-order valence-corrected chi connectivity index (χ0v) is 15.5. The third-order valence-corrected chi connectivity index (χ3v) is 5.42. The Morgan fingerprint density at radius 3 is 2.74 bits per heavy atom. The molecule has 0 aliphatic carbocycles. The van der Waals surface area contributed by atoms with Crippen molar-refractivity contribution < 1.29 is 14.3 Å². The van der Waals surface area contributed by atoms with Gasteiger partial charge in [0.05, 0.1) is 11.3 Å². The van der Waals surface area contributed by atoms with Crippen LogP contribution in [0, 0.1) is 0 Å². The Balaban J connectivity index is 1.60. The van der Waals surface area contributed by atoms with Gasteiger partial charge in [0.25, 0.3) is 0 Å². The first-order chi connectivity index (χ1) is 13.1. The number of nitrogens with zero attached hydrogens (tertiary/aromatic N) is 1. The molecular formula is C22H24N2O3. The second kappa shape index (κ2) is 7.53. The quantitative estimate of drug-likeness (QED) is 0.620. The van der Waals surface area contributed by atoms with Gasteiger partial charge in [-0.1, -0.05) is 31.2 Å². The van der Waals surface area contributed by atoms with E-state index in [1.807, 2.05) is 6.07 Å². The lowest BCUT2D eigenvalue weighted by Crippen LogP contribution is -2.37. The lowest BCUT2D eigenvalue weighted by molar-refractivity contribution is 0.0633. The number of esters is 1. The molecule has 27 heavy (non-hydrogen) atoms. The van der Waals surface area contributed by atoms with Gasteiger partial charge >= 0.3 is 12.1 Å². The molecule has 5 nitrogen and oxygen atoms in total. The van der Waals surface area contributed by atoms with Gasteiger partial charge in [-0.25, -0.2) is 9.59 Å². The van der Waals surface area contributed by atoms with Gasteiger partial charge in [-0.05, 0) is 66.6 Å². The molecule has 0 saturated heterocycles. The van der Waals surface area contributed by atoms with Crippen LogP contribution in [0.1, 0.15) is 46.3 Å². The van der Waals surface area contributed by atoms with E-state index in [0.717, 1.165) is 43.6 Å². The number of nitrogens with one attached hydrogen (secondary N) is 1. The zero-order valence-electron chi connectivity index (χ0n) is 15.5. The van der Waals surface area contributed by atoms with E-state index in [-0.39, 0.29) is 0 Å². The van der Waals surface area contributed by atoms with Gasteiger partial charge < -0.3 is 10.1 Å². The Hall–Kier alpha value is -2.66. The van der Waals surface area contributed by atoms with E-state index >= 15 is 0 Å². The van der Waals surface area contributed by atoms with E-state index in [2.05, 4.69) is 24.4 Å². The number of anilines is 1. The lowest BCUT2D eigenvalue weighted by atomic mass is 9.89. The molecule has 1 N–H and O–H groups in total. The molecule has 140 valence electrons. The van der Waals surface area contributed by atoms with Crippen molar-refractivity contribution in [2.75, 3.05) is 24.5 Å². The Morgan fingerprint density at radius 2 is 1.93 bits per heavy atom. The van der Waals surface area contributed by atoms with Crippen molar-refractivity contribution in [3.8, 4) is 0 Å². The topological polar surface area (TPSA) is 58.6 Å². The predicted octanol–water partition coefficient (Wildman–Crippen LogP) is 3.67. The molecular weight excluding hydrogens is 340 g/mol. The smallest absolute Gasteiger partial charge is 0.372 e. The van der Waals surface area contributed by atoms with Gasteiger partial charge in [-0.2, -0.15) is 0 Å². The van der Waals surface area contributed by atoms with Crippen LogP contribution in [0.4, 0.5) is 10.5 Å². The summed E-state index contributed by atoms with van der Waals surface area (Å²) in [5.74, 6) is -0.157. The molecule has 5 heteroatoms. The number of fused-ring (bicyclic) bond motifs is 2. The van der Waals surface area contributed by atoms with Crippen LogP contribution in [0.5, 0.6) is 0 Å². The average Bonchev–Trinajstić information content (AvgIpc) is 2.87. The Morgan fingerprint density at radius 1 is 1.11 bits per heavy atom. The highest BCUT2D eigenvalue weighted by Crippen LogP contribution is 2.34. The molecule has 0 radical (unpaired) electrons. The van der Waals surface area contributed by atoms with Crippen LogP contribution in [-0.2, 0) is 17.6 Å². The second-order valence-corrected chi connectivity index (χ2v) is 7.31. The number of ether oxygens (including phenoxy) is 1. The number of carbonyl (C=O) groups is 2. The fourth-order valence-corrected chi connectivity index (χ4v) is 3.98. The maximum atomic E-state index is 12.7. The largest absolute Gasteiger partial charge is 0.422 e. The number of aryl methyl sites for hydroxylation is 1. The zero-order chi connectivity index (χ0) is 18.8. The van der Waals surface area contributed by atoms with E-state index in [4.69, 9.17) is 4.74 Å². The second-order valence-electron chi connectivity index (χ2n) is 7.31. The molecule has 2 aromatic rings. The summed E-state index contributed by atoms with van der Waals surface area (Å²) < 4.78 is 5.16. The summed E-state index contributed by atoms with van der Waals surface area (Å²) in [7, 11) is 0. The minimum absolute atomic E-state index is 0.380. The molecule has 0 fully saturated rings. The maximum Gasteiger partial charge on any atom is 0.422 e. The molecule has 2 aliphatic heterocycles. The molecule has 2 aromatic carbocycles. The normalized spacial score (nSPS) is 18.9. The molecule has 2 aliphatic rings. The van der Waals surface area contributed by atoms with Crippen LogP contribution in [0.15, 0.2) is 42.5 Å². The molecule has 1 unspecified atom stereocenters. The number of hydrogen-bond acceptors (Lipinski definition) is 4. The summed E-state index contributed by atoms with van der Waals surface area (Å²) in [4.78, 5) is 26.6. The fourth-order valence-electron chi connectivity index (χ4n) is 3.98. The minimum atomic E-state index is -0.611. The molecule has 1 amide bonds. The average molecular weight is 364 g/mol. The molecule has 0 bridgehead atoms. The standard InChI is InChI=1S/C22H24N2O3/c1-15-14-23-10-9-17-13-20-18(12-19(15)17)8-5-11-24(20)22(26)27-21(25)16-6-3-2-4-7-16/h2-4,6-7,12-13,15,23H,5,8-11,14H2,1H3. The van der Waals surface area contributed by atoms with Crippen LogP contribution in [-0.4, -0.2) is 31.7 Å². The van der Waals surface area contributed by atoms with Crippen molar-refractivity contribution in [3.63, 3.8) is 0 Å². The Bertz CT molecular complexity index is 863. The predicted molar refractivity (Wildman–Crippen MR) is 104 cm³/mol. The number of hydrogen-bond donors (Lipinski definition) is 1. The van der Waals surface area contributed by atoms with Gasteiger partial charge in [0.2, 0.25) is 0 Å². The van der Waals surface area contributed by atoms with E-state index < -0.39 is 12.1 Å². The first-order valence-corrected chi connectivity index (χ1v) is 9.58. The number of amides is 1. The van der Waals surface area contributed by atoms with Crippen LogP contribution in [0.25, 0.3) is 0 Å². The third-order valence-electron chi connectivity index (χ3n) is 5.42. The Labute approximate surface area is 159 Å². The highest BCUT2D eigenvalue weighted by molar-refractivity contribution is 6.01. The molecule has 0 aromatic heterocycles. The molecule has 0 spiro atoms. The molecule has 4 rings (SSSR count). The van der Waals surface area contributed by atoms with Crippen LogP contribution in [0.2, 0.25) is 0 Å². The first kappa shape index (κ1) is 17.7. The number of rotatable bonds is 1. The summed E-state index contributed by atoms with van der Waals surface area (Å²) in [6, 6.07) is 13.0. The van der Waals surface area contributed by atoms with E-state index in [9.17, 15) is 9.59 Å². The highest BCUT2D eigenvalue weighted by Gasteiger charge is 2.28. The van der Waals surface area contributed by atoms with Crippen LogP contribution >= 0.6 is 0 Å². The van der Waals surface area contributed by atoms with E-state index in [0.29, 0.717) is 18.0 Å². The number of benzene rings is 2. The van der Waals surface area contributed by atoms with Crippen molar-refractivity contribution in [2.24, 2.45) is 0 Å². The number of carbonyl (C=O) groups excluding carboxylic acids is 2. The summed E-state index contributed by atoms with van der Waals surface area (Å²) in [6.07, 6.45) is 2.16. The minimum Gasteiger partial charge on any atom is -0.372 e. The van der Waals surface area contributed by atoms with Gasteiger partial charge in [-0.15, -0.1) is 0 Å². The van der Waals surface area contributed by atoms with Crippen molar-refractivity contribution in [3.05, 3.63) is 64.7 Å². The van der Waals surface area contributed by atoms with E-state index in [1.165, 1.54) is 11.1 Å². The summed E-state index contributed by atoms with van der Waals surface area (Å²) >= 11 is 0. The van der Waals surface area contributed by atoms with Crippen molar-refractivity contribution >= 4 is 17.7 Å². The van der Waals surface area contributed by atoms with Gasteiger partial charge in [0.15, 0.2) is 0 Å². The van der Waals surface area contributed by atoms with Crippen molar-refractivity contribution in [1.29, 1.82) is 0 Å². The fraction of sp³-hybridized carbons (Fsp3) is 0.364. The van der Waals surface area contributed by atoms with Gasteiger partial charge in [0, 0.05) is 13.1 Å². The summed E-state index contributed by atoms with van der Waals surface area (Å²) in [5.41, 5.74) is 5.08. The highest BCUT2D eigenvalue weighted by atomic mass is 16.6. The SMILES string of the molecule is CC1CNCCc2cc3c(cc21)CCCN3C(=O)OC(=O)c1ccccc1. The van der Waals surface area contributed by atoms with E-state index in [1.54, 1.807) is 29.2 Å². The Kier molecular flexibility index (Phi) is 4.94. The van der Waals surface area contributed by atoms with Crippen LogP contribution in [0.3, 0.4) is 0 Å². The van der Waals surface area contributed by atoms with Gasteiger partial charge in [0.1, 0.15) is 0 Å². The summed E-state index contributed by atoms with van der Waals surface area (Å²) in [5, 5.41) is 3.46. The van der Waals surface area contributed by atoms with Crippen molar-refractivity contribution in [1.82, 2.24) is 5.32 Å².